The number of amides is 1. The molecule has 1 fully saturated rings. The van der Waals surface area contributed by atoms with E-state index >= 15 is 0 Å². The highest BCUT2D eigenvalue weighted by Gasteiger charge is 2.26. The van der Waals surface area contributed by atoms with Gasteiger partial charge in [-0.1, -0.05) is 45.5 Å². The van der Waals surface area contributed by atoms with E-state index in [1.165, 1.54) is 3.63 Å². The van der Waals surface area contributed by atoms with E-state index in [0.29, 0.717) is 5.56 Å². The smallest absolute Gasteiger partial charge is 0.248 e. The van der Waals surface area contributed by atoms with Crippen LogP contribution in [0.5, 0.6) is 0 Å². The number of nitrogens with zero attached hydrogens (tertiary/aromatic N) is 3. The fraction of sp³-hybridized carbons (Fsp3) is 0.217. The van der Waals surface area contributed by atoms with Crippen molar-refractivity contribution in [3.05, 3.63) is 77.8 Å². The van der Waals surface area contributed by atoms with Gasteiger partial charge in [-0.2, -0.15) is 0 Å². The molecule has 168 valence electrons. The zero-order valence-electron chi connectivity index (χ0n) is 17.8. The van der Waals surface area contributed by atoms with Crippen molar-refractivity contribution in [2.75, 3.05) is 26.2 Å². The van der Waals surface area contributed by atoms with Gasteiger partial charge in [0, 0.05) is 71.7 Å². The number of piperazine rings is 1. The van der Waals surface area contributed by atoms with Gasteiger partial charge in [-0.05, 0) is 31.2 Å². The number of benzene rings is 1. The van der Waals surface area contributed by atoms with E-state index in [2.05, 4.69) is 45.5 Å². The Bertz CT molecular complexity index is 1090. The van der Waals surface area contributed by atoms with Crippen molar-refractivity contribution in [2.24, 2.45) is 10.7 Å². The van der Waals surface area contributed by atoms with Gasteiger partial charge in [0.25, 0.3) is 0 Å². The van der Waals surface area contributed by atoms with Gasteiger partial charge in [0.2, 0.25) is 5.91 Å². The molecule has 0 spiro atoms. The van der Waals surface area contributed by atoms with Gasteiger partial charge < -0.3 is 21.3 Å². The molecule has 1 amide bonds. The van der Waals surface area contributed by atoms with Crippen LogP contribution in [-0.4, -0.2) is 51.6 Å². The summed E-state index contributed by atoms with van der Waals surface area (Å²) < 4.78 is 6.16. The Balaban J connectivity index is 1.50. The lowest BCUT2D eigenvalue weighted by molar-refractivity contribution is 0.100. The van der Waals surface area contributed by atoms with Gasteiger partial charge in [-0.25, -0.2) is 4.99 Å². The molecular weight excluding hydrogens is 630 g/mol. The first-order valence-corrected chi connectivity index (χ1v) is 14.8. The van der Waals surface area contributed by atoms with Crippen molar-refractivity contribution in [1.82, 2.24) is 18.6 Å². The molecule has 0 aromatic heterocycles. The summed E-state index contributed by atoms with van der Waals surface area (Å²) in [7, 11) is 0. The zero-order chi connectivity index (χ0) is 22.5. The highest BCUT2D eigenvalue weighted by Crippen LogP contribution is 2.36. The van der Waals surface area contributed by atoms with Gasteiger partial charge in [-0.3, -0.25) is 7.91 Å². The zero-order valence-corrected chi connectivity index (χ0v) is 22.1. The molecule has 7 nitrogen and oxygen atoms in total. The lowest BCUT2D eigenvalue weighted by Crippen LogP contribution is -2.42. The van der Waals surface area contributed by atoms with E-state index in [9.17, 15) is 4.79 Å². The van der Waals surface area contributed by atoms with Crippen molar-refractivity contribution < 1.29 is 4.79 Å². The fourth-order valence-corrected chi connectivity index (χ4v) is 11.2. The minimum atomic E-state index is -0.412. The summed E-state index contributed by atoms with van der Waals surface area (Å²) in [5, 5.41) is 6.89. The van der Waals surface area contributed by atoms with Crippen LogP contribution >= 0.6 is 41.7 Å². The third-order valence-electron chi connectivity index (χ3n) is 5.19. The highest BCUT2D eigenvalue weighted by atomic mass is 127. The van der Waals surface area contributed by atoms with Gasteiger partial charge in [0.15, 0.2) is 5.84 Å². The predicted octanol–water partition coefficient (Wildman–Crippen LogP) is 3.03. The Hall–Kier alpha value is -2.12. The van der Waals surface area contributed by atoms with E-state index in [1.807, 2.05) is 25.3 Å². The maximum atomic E-state index is 11.4. The SMILES string of the molecule is C=C(/C=C\C(=C/C)NC1=NC=C(c2ccc(C(N)=O)cc2)N2I=CI=C12)N1CCNCC1. The van der Waals surface area contributed by atoms with Crippen LogP contribution in [0.3, 0.4) is 0 Å². The van der Waals surface area contributed by atoms with Gasteiger partial charge in [-0.15, -0.1) is 0 Å². The van der Waals surface area contributed by atoms with Crippen LogP contribution in [0.25, 0.3) is 5.70 Å². The van der Waals surface area contributed by atoms with Crippen LogP contribution in [0.15, 0.2) is 71.7 Å². The molecule has 3 aliphatic rings. The van der Waals surface area contributed by atoms with Gasteiger partial charge >= 0.3 is 0 Å². The third kappa shape index (κ3) is 5.26. The summed E-state index contributed by atoms with van der Waals surface area (Å²) in [5.41, 5.74) is 10.1. The first kappa shape index (κ1) is 23.1. The number of carbonyl (C=O) groups excluding carboxylic acids is 1. The number of allylic oxidation sites excluding steroid dienone is 3. The van der Waals surface area contributed by atoms with Gasteiger partial charge in [0.1, 0.15) is 3.63 Å². The maximum Gasteiger partial charge on any atom is 0.248 e. The number of amidine groups is 1. The third-order valence-corrected chi connectivity index (χ3v) is 12.7. The molecule has 0 bridgehead atoms. The molecule has 1 aromatic rings. The topological polar surface area (TPSA) is 86.0 Å². The lowest BCUT2D eigenvalue weighted by atomic mass is 10.1. The van der Waals surface area contributed by atoms with Crippen LogP contribution < -0.4 is 16.4 Å². The Morgan fingerprint density at radius 3 is 2.69 bits per heavy atom. The fourth-order valence-electron chi connectivity index (χ4n) is 3.38. The first-order chi connectivity index (χ1) is 15.6. The molecule has 1 saturated heterocycles. The number of carbonyl (C=O) groups is 1. The number of hydrogen-bond acceptors (Lipinski definition) is 6. The largest absolute Gasteiger partial charge is 0.369 e. The minimum Gasteiger partial charge on any atom is -0.369 e. The van der Waals surface area contributed by atoms with Crippen LogP contribution in [0.2, 0.25) is 0 Å². The normalized spacial score (nSPS) is 18.8. The molecule has 0 unspecified atom stereocenters. The summed E-state index contributed by atoms with van der Waals surface area (Å²) >= 11 is -0.408. The standard InChI is InChI=1S/C23H26I2N6O/c1-3-19(9-4-16(2)30-12-10-27-11-13-30)29-23-21-24-15-25-31(21)20(14-28-23)17-5-7-18(8-6-17)22(26)32/h3-9,14-15,27H,2,10-13H2,1H3,(H2,26,32)(H,28,29)/b9-4-,19-3+. The second-order valence-electron chi connectivity index (χ2n) is 7.23. The summed E-state index contributed by atoms with van der Waals surface area (Å²) in [6.07, 6.45) is 8.13. The molecule has 0 atom stereocenters. The number of primary amides is 1. The minimum absolute atomic E-state index is 0.192. The van der Waals surface area contributed by atoms with Crippen LogP contribution in [0.4, 0.5) is 0 Å². The Labute approximate surface area is 208 Å². The van der Waals surface area contributed by atoms with Crippen molar-refractivity contribution in [2.45, 2.75) is 6.92 Å². The van der Waals surface area contributed by atoms with E-state index in [-0.39, 0.29) is 41.7 Å². The molecule has 3 aliphatic heterocycles. The number of rotatable bonds is 6. The average molecular weight is 656 g/mol. The van der Waals surface area contributed by atoms with Crippen molar-refractivity contribution in [1.29, 1.82) is 0 Å². The van der Waals surface area contributed by atoms with Crippen LogP contribution in [-0.2, 0) is 0 Å². The summed E-state index contributed by atoms with van der Waals surface area (Å²) in [5.74, 6) is 0.514. The van der Waals surface area contributed by atoms with Crippen LogP contribution in [0.1, 0.15) is 22.8 Å². The molecule has 4 rings (SSSR count). The summed E-state index contributed by atoms with van der Waals surface area (Å²) in [4.78, 5) is 18.5. The van der Waals surface area contributed by atoms with E-state index in [1.54, 1.807) is 12.1 Å². The number of halogens is 2. The molecule has 4 N–H and O–H groups in total. The summed E-state index contributed by atoms with van der Waals surface area (Å²) in [6.45, 7) is 10.2. The van der Waals surface area contributed by atoms with E-state index in [0.717, 1.165) is 54.7 Å². The number of aliphatic imine (C=N–C) groups is 1. The quantitative estimate of drug-likeness (QED) is 0.249. The number of nitrogens with one attached hydrogen (secondary N) is 2. The average Bonchev–Trinajstić information content (AvgIpc) is 3.32. The number of fused-ring (bicyclic) bond motifs is 1. The van der Waals surface area contributed by atoms with Crippen LogP contribution in [0, 0.1) is 0 Å². The van der Waals surface area contributed by atoms with Crippen molar-refractivity contribution in [3.8, 4) is 0 Å². The molecule has 9 heteroatoms. The van der Waals surface area contributed by atoms with E-state index < -0.39 is 5.91 Å². The second kappa shape index (κ2) is 10.7. The maximum absolute atomic E-state index is 11.4. The molecule has 0 saturated carbocycles. The number of hydrogen-bond donors (Lipinski definition) is 3. The van der Waals surface area contributed by atoms with Crippen molar-refractivity contribution >= 4 is 64.8 Å². The molecule has 0 radical (unpaired) electrons. The Morgan fingerprint density at radius 1 is 1.25 bits per heavy atom. The van der Waals surface area contributed by atoms with E-state index in [4.69, 9.17) is 10.7 Å². The number of nitrogens with two attached hydrogens (primary N) is 1. The second-order valence-corrected chi connectivity index (χ2v) is 14.0. The molecule has 1 aromatic carbocycles. The lowest BCUT2D eigenvalue weighted by Gasteiger charge is -2.29. The van der Waals surface area contributed by atoms with Gasteiger partial charge in [0.05, 0.1) is 11.9 Å². The Morgan fingerprint density at radius 2 is 2.00 bits per heavy atom. The summed E-state index contributed by atoms with van der Waals surface area (Å²) in [6, 6.07) is 7.44. The first-order valence-electron chi connectivity index (χ1n) is 10.3. The van der Waals surface area contributed by atoms with Crippen molar-refractivity contribution in [3.63, 3.8) is 0 Å². The highest BCUT2D eigenvalue weighted by molar-refractivity contribution is 14.3. The molecule has 3 heterocycles. The predicted molar refractivity (Wildman–Crippen MR) is 151 cm³/mol. The molecule has 0 aliphatic carbocycles. The molecular formula is C23H26I2N6O. The molecule has 32 heavy (non-hydrogen) atoms. The Kier molecular flexibility index (Phi) is 7.68. The monoisotopic (exact) mass is 656 g/mol.